The van der Waals surface area contributed by atoms with Gasteiger partial charge in [0.15, 0.2) is 0 Å². The average Bonchev–Trinajstić information content (AvgIpc) is 3.18. The number of ketones is 1. The van der Waals surface area contributed by atoms with Crippen LogP contribution in [0.2, 0.25) is 0 Å². The second-order valence-corrected chi connectivity index (χ2v) is 15.7. The van der Waals surface area contributed by atoms with Gasteiger partial charge in [0.1, 0.15) is 15.6 Å². The molecule has 0 atom stereocenters. The summed E-state index contributed by atoms with van der Waals surface area (Å²) in [5, 5.41) is 6.02. The molecule has 0 saturated heterocycles. The number of Topliss-reactive ketones (excluding diaryl/α,β-unsaturated/α-hetero) is 1. The molecule has 0 radical (unpaired) electrons. The maximum atomic E-state index is 11.0. The summed E-state index contributed by atoms with van der Waals surface area (Å²) in [6, 6.07) is 0. The van der Waals surface area contributed by atoms with Crippen molar-refractivity contribution in [3.63, 3.8) is 0 Å². The molecule has 2 N–H and O–H groups in total. The maximum absolute atomic E-state index is 11.0. The predicted octanol–water partition coefficient (Wildman–Crippen LogP) is 10.4. The standard InChI is InChI=1S/C8H17NO2.C8H18O2S.C7H15NO.C7H17N.C7H16O.C7H14O/c1-4-9(3)7-6-8(10)11-5-2;1-3-5-6-7-8-11(9,10)4-2;1-3-5-6-7(9)8-4-2;2*1-3-5-6-7-8-4-2;1-3-5-6-7(8)4-2/h4-7H2,1-3H3;3-8H2,1-2H3;3-6H2,1-2H3,(H,8,9);8H,3-7H2,1-2H3;3-7H2,1-2H3;3-6H2,1-2H3. The van der Waals surface area contributed by atoms with Gasteiger partial charge in [-0.2, -0.15) is 0 Å². The van der Waals surface area contributed by atoms with E-state index in [0.717, 1.165) is 97.2 Å². The van der Waals surface area contributed by atoms with E-state index in [0.29, 0.717) is 43.2 Å². The summed E-state index contributed by atoms with van der Waals surface area (Å²) in [5.74, 6) is 1.14. The Morgan fingerprint density at radius 1 is 0.600 bits per heavy atom. The van der Waals surface area contributed by atoms with Gasteiger partial charge >= 0.3 is 5.97 Å². The molecular weight excluding hydrogens is 715 g/mol. The van der Waals surface area contributed by atoms with Gasteiger partial charge in [0.2, 0.25) is 5.91 Å². The minimum Gasteiger partial charge on any atom is -0.466 e. The number of amides is 1. The highest BCUT2D eigenvalue weighted by molar-refractivity contribution is 7.91. The fraction of sp³-hybridized carbons (Fsp3) is 0.932. The third kappa shape index (κ3) is 77.7. The monoisotopic (exact) mass is 812 g/mol. The molecule has 0 aromatic rings. The maximum Gasteiger partial charge on any atom is 0.307 e. The van der Waals surface area contributed by atoms with Crippen LogP contribution in [0.1, 0.15) is 199 Å². The Balaban J connectivity index is -0.000000132. The van der Waals surface area contributed by atoms with Gasteiger partial charge in [0.05, 0.1) is 18.8 Å². The van der Waals surface area contributed by atoms with E-state index in [1.54, 1.807) is 6.92 Å². The molecule has 0 aliphatic heterocycles. The Hall–Kier alpha value is -1.56. The van der Waals surface area contributed by atoms with Crippen molar-refractivity contribution in [2.24, 2.45) is 0 Å². The number of nitrogens with one attached hydrogen (secondary N) is 2. The first kappa shape index (κ1) is 65.3. The molecule has 0 aliphatic rings. The van der Waals surface area contributed by atoms with E-state index in [1.807, 2.05) is 34.7 Å². The lowest BCUT2D eigenvalue weighted by atomic mass is 10.1. The van der Waals surface area contributed by atoms with Gasteiger partial charge in [0, 0.05) is 51.3 Å². The molecule has 0 rings (SSSR count). The topological polar surface area (TPSA) is 131 Å². The van der Waals surface area contributed by atoms with Crippen molar-refractivity contribution in [2.75, 3.05) is 71.1 Å². The fourth-order valence-electron chi connectivity index (χ4n) is 4.02. The normalized spacial score (nSPS) is 10.1. The van der Waals surface area contributed by atoms with Gasteiger partial charge in [0.25, 0.3) is 0 Å². The smallest absolute Gasteiger partial charge is 0.307 e. The van der Waals surface area contributed by atoms with E-state index in [1.165, 1.54) is 45.1 Å². The first-order valence-corrected chi connectivity index (χ1v) is 24.2. The van der Waals surface area contributed by atoms with Crippen molar-refractivity contribution in [1.29, 1.82) is 0 Å². The van der Waals surface area contributed by atoms with Gasteiger partial charge < -0.3 is 25.0 Å². The third-order valence-electron chi connectivity index (χ3n) is 7.93. The first-order chi connectivity index (χ1) is 26.3. The van der Waals surface area contributed by atoms with E-state index >= 15 is 0 Å². The highest BCUT2D eigenvalue weighted by Gasteiger charge is 2.05. The van der Waals surface area contributed by atoms with Crippen molar-refractivity contribution in [1.82, 2.24) is 15.5 Å². The molecule has 1 amide bonds. The van der Waals surface area contributed by atoms with Gasteiger partial charge in [-0.3, -0.25) is 14.4 Å². The number of carbonyl (C=O) groups excluding carboxylic acids is 3. The molecule has 55 heavy (non-hydrogen) atoms. The van der Waals surface area contributed by atoms with Crippen molar-refractivity contribution in [2.45, 2.75) is 199 Å². The lowest BCUT2D eigenvalue weighted by Gasteiger charge is -2.12. The van der Waals surface area contributed by atoms with Gasteiger partial charge in [-0.25, -0.2) is 8.42 Å². The Morgan fingerprint density at radius 2 is 1.15 bits per heavy atom. The number of nitrogens with zero attached hydrogens (tertiary/aromatic N) is 1. The van der Waals surface area contributed by atoms with Gasteiger partial charge in [-0.1, -0.05) is 120 Å². The predicted molar refractivity (Wildman–Crippen MR) is 240 cm³/mol. The number of esters is 1. The third-order valence-corrected chi connectivity index (χ3v) is 9.72. The number of ether oxygens (including phenoxy) is 2. The molecule has 0 aromatic carbocycles. The molecule has 0 heterocycles. The summed E-state index contributed by atoms with van der Waals surface area (Å²) in [7, 11) is -0.715. The molecule has 10 nitrogen and oxygen atoms in total. The van der Waals surface area contributed by atoms with Crippen LogP contribution in [0.4, 0.5) is 0 Å². The average molecular weight is 812 g/mol. The molecule has 0 saturated carbocycles. The molecule has 0 fully saturated rings. The number of hydrogen-bond donors (Lipinski definition) is 2. The van der Waals surface area contributed by atoms with Crippen LogP contribution in [0.25, 0.3) is 0 Å². The molecule has 0 bridgehead atoms. The number of unbranched alkanes of at least 4 members (excludes halogenated alkanes) is 9. The van der Waals surface area contributed by atoms with E-state index in [4.69, 9.17) is 9.47 Å². The zero-order valence-electron chi connectivity index (χ0n) is 39.0. The quantitative estimate of drug-likeness (QED) is 0.0560. The first-order valence-electron chi connectivity index (χ1n) is 22.4. The molecular formula is C44H97N3O7S. The van der Waals surface area contributed by atoms with Crippen molar-refractivity contribution in [3.05, 3.63) is 0 Å². The number of hydrogen-bond acceptors (Lipinski definition) is 9. The zero-order chi connectivity index (χ0) is 43.4. The largest absolute Gasteiger partial charge is 0.466 e. The van der Waals surface area contributed by atoms with Crippen LogP contribution >= 0.6 is 0 Å². The Labute approximate surface area is 344 Å². The molecule has 336 valence electrons. The molecule has 11 heteroatoms. The molecule has 0 unspecified atom stereocenters. The lowest BCUT2D eigenvalue weighted by molar-refractivity contribution is -0.143. The summed E-state index contributed by atoms with van der Waals surface area (Å²) in [6.07, 6.45) is 19.0. The van der Waals surface area contributed by atoms with E-state index in [-0.39, 0.29) is 11.9 Å². The second-order valence-electron chi connectivity index (χ2n) is 13.3. The van der Waals surface area contributed by atoms with E-state index < -0.39 is 9.84 Å². The van der Waals surface area contributed by atoms with E-state index in [2.05, 4.69) is 64.0 Å². The van der Waals surface area contributed by atoms with Crippen LogP contribution in [0.3, 0.4) is 0 Å². The van der Waals surface area contributed by atoms with Crippen LogP contribution in [0.15, 0.2) is 0 Å². The van der Waals surface area contributed by atoms with Crippen LogP contribution in [-0.2, 0) is 33.7 Å². The Bertz CT molecular complexity index is 819. The minimum absolute atomic E-state index is 0.104. The fourth-order valence-corrected chi connectivity index (χ4v) is 4.95. The van der Waals surface area contributed by atoms with Crippen molar-refractivity contribution < 1.29 is 32.3 Å². The summed E-state index contributed by atoms with van der Waals surface area (Å²) in [5.41, 5.74) is 0. The molecule has 0 aliphatic carbocycles. The van der Waals surface area contributed by atoms with Crippen LogP contribution in [-0.4, -0.2) is 102 Å². The molecule has 0 aromatic heterocycles. The minimum atomic E-state index is -2.70. The SMILES string of the molecule is CCCCC(=O)CC.CCCCC(=O)NCC.CCCCCCS(=O)(=O)CC.CCCCCNCC.CCCCCOCC.CCOC(=O)CCN(C)CC. The zero-order valence-corrected chi connectivity index (χ0v) is 39.8. The highest BCUT2D eigenvalue weighted by atomic mass is 32.2. The summed E-state index contributed by atoms with van der Waals surface area (Å²) in [6.45, 7) is 31.5. The number of rotatable bonds is 29. The molecule has 0 spiro atoms. The number of sulfone groups is 1. The number of carbonyl (C=O) groups is 3. The Morgan fingerprint density at radius 3 is 1.60 bits per heavy atom. The summed E-state index contributed by atoms with van der Waals surface area (Å²) >= 11 is 0. The summed E-state index contributed by atoms with van der Waals surface area (Å²) in [4.78, 5) is 34.2. The Kier molecular flexibility index (Phi) is 70.2. The van der Waals surface area contributed by atoms with E-state index in [9.17, 15) is 22.8 Å². The van der Waals surface area contributed by atoms with Gasteiger partial charge in [-0.15, -0.1) is 0 Å². The van der Waals surface area contributed by atoms with Crippen LogP contribution in [0.5, 0.6) is 0 Å². The highest BCUT2D eigenvalue weighted by Crippen LogP contribution is 2.02. The van der Waals surface area contributed by atoms with Crippen molar-refractivity contribution in [3.8, 4) is 0 Å². The van der Waals surface area contributed by atoms with Crippen LogP contribution < -0.4 is 10.6 Å². The lowest BCUT2D eigenvalue weighted by Crippen LogP contribution is -2.22. The van der Waals surface area contributed by atoms with Crippen LogP contribution in [0, 0.1) is 0 Å². The van der Waals surface area contributed by atoms with Crippen molar-refractivity contribution >= 4 is 27.5 Å². The second kappa shape index (κ2) is 59.1. The summed E-state index contributed by atoms with van der Waals surface area (Å²) < 4.78 is 31.8. The van der Waals surface area contributed by atoms with Gasteiger partial charge in [-0.05, 0) is 79.6 Å².